The van der Waals surface area contributed by atoms with E-state index in [-0.39, 0.29) is 0 Å². The Hall–Kier alpha value is -3.35. The Balaban J connectivity index is 1.48. The van der Waals surface area contributed by atoms with Gasteiger partial charge < -0.3 is 19.9 Å². The second-order valence-electron chi connectivity index (χ2n) is 6.48. The Morgan fingerprint density at radius 3 is 2.59 bits per heavy atom. The van der Waals surface area contributed by atoms with Gasteiger partial charge in [-0.3, -0.25) is 4.99 Å². The fraction of sp³-hybridized carbons (Fsp3) is 0.318. The molecule has 0 atom stereocenters. The predicted octanol–water partition coefficient (Wildman–Crippen LogP) is 3.22. The molecule has 0 aliphatic carbocycles. The van der Waals surface area contributed by atoms with Crippen molar-refractivity contribution >= 4 is 5.96 Å². The number of rotatable bonds is 8. The Kier molecular flexibility index (Phi) is 7.22. The minimum Gasteiger partial charge on any atom is -0.496 e. The number of aryl methyl sites for hydroxylation is 1. The van der Waals surface area contributed by atoms with Crippen LogP contribution >= 0.6 is 0 Å². The first-order valence-electron chi connectivity index (χ1n) is 9.71. The van der Waals surface area contributed by atoms with Gasteiger partial charge in [0, 0.05) is 37.7 Å². The first-order valence-corrected chi connectivity index (χ1v) is 9.71. The lowest BCUT2D eigenvalue weighted by Crippen LogP contribution is -2.37. The van der Waals surface area contributed by atoms with Crippen LogP contribution < -0.4 is 15.4 Å². The maximum absolute atomic E-state index is 5.38. The summed E-state index contributed by atoms with van der Waals surface area (Å²) >= 11 is 0. The Morgan fingerprint density at radius 1 is 1.10 bits per heavy atom. The first kappa shape index (κ1) is 20.4. The molecule has 0 amide bonds. The smallest absolute Gasteiger partial charge is 0.257 e. The summed E-state index contributed by atoms with van der Waals surface area (Å²) in [6.45, 7) is 3.41. The molecule has 0 unspecified atom stereocenters. The molecule has 1 aromatic heterocycles. The van der Waals surface area contributed by atoms with Gasteiger partial charge in [-0.25, -0.2) is 0 Å². The van der Waals surface area contributed by atoms with Gasteiger partial charge in [-0.15, -0.1) is 0 Å². The molecule has 7 nitrogen and oxygen atoms in total. The molecule has 0 spiro atoms. The van der Waals surface area contributed by atoms with E-state index in [4.69, 9.17) is 9.26 Å². The number of ether oxygens (including phenoxy) is 1. The molecule has 2 aromatic carbocycles. The number of nitrogens with zero attached hydrogens (tertiary/aromatic N) is 3. The number of methoxy groups -OCH3 is 1. The van der Waals surface area contributed by atoms with E-state index in [0.29, 0.717) is 12.4 Å². The van der Waals surface area contributed by atoms with E-state index in [0.717, 1.165) is 48.0 Å². The molecule has 3 rings (SSSR count). The fourth-order valence-corrected chi connectivity index (χ4v) is 2.90. The molecular weight excluding hydrogens is 366 g/mol. The number of aliphatic imine (C=N–C) groups is 1. The second-order valence-corrected chi connectivity index (χ2v) is 6.48. The van der Waals surface area contributed by atoms with Crippen molar-refractivity contribution in [1.29, 1.82) is 0 Å². The first-order chi connectivity index (χ1) is 14.2. The third-order valence-corrected chi connectivity index (χ3v) is 4.55. The summed E-state index contributed by atoms with van der Waals surface area (Å²) in [5.74, 6) is 2.90. The Morgan fingerprint density at radius 2 is 1.90 bits per heavy atom. The van der Waals surface area contributed by atoms with Crippen LogP contribution in [0.3, 0.4) is 0 Å². The highest BCUT2D eigenvalue weighted by atomic mass is 16.5. The zero-order chi connectivity index (χ0) is 20.5. The summed E-state index contributed by atoms with van der Waals surface area (Å²) in [7, 11) is 3.44. The quantitative estimate of drug-likeness (QED) is 0.452. The number of hydrogen-bond donors (Lipinski definition) is 2. The molecule has 0 radical (unpaired) electrons. The number of guanidine groups is 1. The van der Waals surface area contributed by atoms with Gasteiger partial charge in [0.1, 0.15) is 5.75 Å². The van der Waals surface area contributed by atoms with Gasteiger partial charge in [-0.2, -0.15) is 4.98 Å². The van der Waals surface area contributed by atoms with Gasteiger partial charge in [-0.05, 0) is 30.2 Å². The lowest BCUT2D eigenvalue weighted by molar-refractivity contribution is 0.409. The van der Waals surface area contributed by atoms with Crippen molar-refractivity contribution in [2.24, 2.45) is 4.99 Å². The molecule has 7 heteroatoms. The Labute approximate surface area is 171 Å². The fourth-order valence-electron chi connectivity index (χ4n) is 2.90. The number of nitrogens with one attached hydrogen (secondary N) is 2. The lowest BCUT2D eigenvalue weighted by atomic mass is 10.1. The third kappa shape index (κ3) is 5.57. The van der Waals surface area contributed by atoms with Crippen LogP contribution in [0.15, 0.2) is 58.0 Å². The summed E-state index contributed by atoms with van der Waals surface area (Å²) < 4.78 is 10.7. The van der Waals surface area contributed by atoms with Crippen LogP contribution in [0.25, 0.3) is 11.5 Å². The van der Waals surface area contributed by atoms with Crippen molar-refractivity contribution in [3.05, 3.63) is 65.5 Å². The van der Waals surface area contributed by atoms with Crippen LogP contribution in [0.1, 0.15) is 23.9 Å². The maximum atomic E-state index is 5.38. The number of benzene rings is 2. The molecule has 0 bridgehead atoms. The highest BCUT2D eigenvalue weighted by Crippen LogP contribution is 2.18. The predicted molar refractivity (Wildman–Crippen MR) is 114 cm³/mol. The topological polar surface area (TPSA) is 84.6 Å². The van der Waals surface area contributed by atoms with Gasteiger partial charge in [0.25, 0.3) is 5.89 Å². The number of para-hydroxylation sites is 1. The molecule has 0 fully saturated rings. The minimum absolute atomic E-state index is 0.562. The van der Waals surface area contributed by atoms with Crippen molar-refractivity contribution in [2.75, 3.05) is 20.7 Å². The largest absolute Gasteiger partial charge is 0.496 e. The minimum atomic E-state index is 0.562. The van der Waals surface area contributed by atoms with E-state index in [2.05, 4.69) is 37.9 Å². The summed E-state index contributed by atoms with van der Waals surface area (Å²) in [5, 5.41) is 10.6. The molecule has 152 valence electrons. The summed E-state index contributed by atoms with van der Waals surface area (Å²) in [5.41, 5.74) is 3.24. The van der Waals surface area contributed by atoms with Crippen molar-refractivity contribution in [1.82, 2.24) is 20.8 Å². The van der Waals surface area contributed by atoms with E-state index in [9.17, 15) is 0 Å². The van der Waals surface area contributed by atoms with Gasteiger partial charge in [0.15, 0.2) is 11.8 Å². The van der Waals surface area contributed by atoms with Crippen LogP contribution in [0, 0.1) is 0 Å². The van der Waals surface area contributed by atoms with E-state index in [1.165, 1.54) is 5.56 Å². The monoisotopic (exact) mass is 393 g/mol. The number of hydrogen-bond acceptors (Lipinski definition) is 5. The van der Waals surface area contributed by atoms with Gasteiger partial charge in [0.2, 0.25) is 0 Å². The van der Waals surface area contributed by atoms with Crippen LogP contribution in [-0.2, 0) is 19.4 Å². The average Bonchev–Trinajstić information content (AvgIpc) is 3.26. The zero-order valence-electron chi connectivity index (χ0n) is 17.1. The normalized spacial score (nSPS) is 11.3. The Bertz CT molecular complexity index is 934. The van der Waals surface area contributed by atoms with Crippen molar-refractivity contribution in [3.63, 3.8) is 0 Å². The van der Waals surface area contributed by atoms with Crippen molar-refractivity contribution in [3.8, 4) is 17.2 Å². The van der Waals surface area contributed by atoms with E-state index < -0.39 is 0 Å². The molecule has 2 N–H and O–H groups in total. The van der Waals surface area contributed by atoms with E-state index in [1.54, 1.807) is 14.2 Å². The molecular formula is C22H27N5O2. The summed E-state index contributed by atoms with van der Waals surface area (Å²) in [6.07, 6.45) is 1.64. The third-order valence-electron chi connectivity index (χ3n) is 4.55. The highest BCUT2D eigenvalue weighted by molar-refractivity contribution is 5.79. The standard InChI is InChI=1S/C22H27N5O2/c1-4-20-26-21(29-27-20)17-11-9-16(10-12-17)13-14-24-22(23-2)25-15-18-7-5-6-8-19(18)28-3/h5-12H,4,13-15H2,1-3H3,(H2,23,24,25). The van der Waals surface area contributed by atoms with Gasteiger partial charge in [-0.1, -0.05) is 42.4 Å². The van der Waals surface area contributed by atoms with Crippen molar-refractivity contribution < 1.29 is 9.26 Å². The lowest BCUT2D eigenvalue weighted by Gasteiger charge is -2.13. The van der Waals surface area contributed by atoms with Crippen LogP contribution in [-0.4, -0.2) is 36.8 Å². The molecule has 0 saturated heterocycles. The zero-order valence-corrected chi connectivity index (χ0v) is 17.1. The van der Waals surface area contributed by atoms with Gasteiger partial charge >= 0.3 is 0 Å². The highest BCUT2D eigenvalue weighted by Gasteiger charge is 2.07. The van der Waals surface area contributed by atoms with Crippen molar-refractivity contribution in [2.45, 2.75) is 26.3 Å². The number of aromatic nitrogens is 2. The molecule has 0 aliphatic heterocycles. The van der Waals surface area contributed by atoms with Crippen LogP contribution in [0.4, 0.5) is 0 Å². The summed E-state index contributed by atoms with van der Waals surface area (Å²) in [4.78, 5) is 8.64. The van der Waals surface area contributed by atoms with E-state index in [1.807, 2.05) is 43.3 Å². The molecule has 0 aliphatic rings. The van der Waals surface area contributed by atoms with Gasteiger partial charge in [0.05, 0.1) is 7.11 Å². The molecule has 29 heavy (non-hydrogen) atoms. The maximum Gasteiger partial charge on any atom is 0.257 e. The summed E-state index contributed by atoms with van der Waals surface area (Å²) in [6, 6.07) is 16.1. The van der Waals surface area contributed by atoms with E-state index >= 15 is 0 Å². The molecule has 3 aromatic rings. The molecule has 0 saturated carbocycles. The second kappa shape index (κ2) is 10.3. The molecule has 1 heterocycles. The SMILES string of the molecule is CCc1noc(-c2ccc(CCNC(=NC)NCc3ccccc3OC)cc2)n1. The van der Waals surface area contributed by atoms with Crippen LogP contribution in [0.5, 0.6) is 5.75 Å². The average molecular weight is 393 g/mol. The van der Waals surface area contributed by atoms with Crippen LogP contribution in [0.2, 0.25) is 0 Å².